The molecule has 0 aromatic carbocycles. The van der Waals surface area contributed by atoms with Crippen LogP contribution in [-0.2, 0) is 9.59 Å². The van der Waals surface area contributed by atoms with Gasteiger partial charge in [-0.15, -0.1) is 0 Å². The normalized spacial score (nSPS) is 21.1. The Morgan fingerprint density at radius 1 is 1.42 bits per heavy atom. The van der Waals surface area contributed by atoms with Crippen molar-refractivity contribution in [3.63, 3.8) is 0 Å². The SMILES string of the molecule is CC[C@H](C)n1nccc1NC(=O)[C@@H](C)N1CCC[C@@H](NC(C)=O)C1. The molecular formula is C17H29N5O2. The fraction of sp³-hybridized carbons (Fsp3) is 0.706. The number of anilines is 1. The lowest BCUT2D eigenvalue weighted by atomic mass is 10.0. The lowest BCUT2D eigenvalue weighted by Gasteiger charge is -2.36. The number of amides is 2. The first kappa shape index (κ1) is 18.4. The molecule has 0 aliphatic carbocycles. The third-order valence-electron chi connectivity index (χ3n) is 4.72. The molecule has 1 saturated heterocycles. The molecule has 2 amide bonds. The molecule has 1 aromatic heterocycles. The first-order valence-electron chi connectivity index (χ1n) is 8.77. The molecular weight excluding hydrogens is 306 g/mol. The molecule has 7 nitrogen and oxygen atoms in total. The van der Waals surface area contributed by atoms with Crippen molar-refractivity contribution < 1.29 is 9.59 Å². The summed E-state index contributed by atoms with van der Waals surface area (Å²) in [5.74, 6) is 0.677. The summed E-state index contributed by atoms with van der Waals surface area (Å²) < 4.78 is 1.85. The zero-order valence-electron chi connectivity index (χ0n) is 15.1. The highest BCUT2D eigenvalue weighted by atomic mass is 16.2. The highest BCUT2D eigenvalue weighted by molar-refractivity contribution is 5.93. The van der Waals surface area contributed by atoms with E-state index in [2.05, 4.69) is 34.5 Å². The zero-order chi connectivity index (χ0) is 17.7. The highest BCUT2D eigenvalue weighted by Gasteiger charge is 2.28. The van der Waals surface area contributed by atoms with E-state index in [9.17, 15) is 9.59 Å². The zero-order valence-corrected chi connectivity index (χ0v) is 15.1. The second-order valence-electron chi connectivity index (χ2n) is 6.62. The van der Waals surface area contributed by atoms with Crippen LogP contribution in [0.3, 0.4) is 0 Å². The summed E-state index contributed by atoms with van der Waals surface area (Å²) in [6, 6.07) is 1.94. The predicted octanol–water partition coefficient (Wildman–Crippen LogP) is 1.78. The molecule has 2 N–H and O–H groups in total. The maximum absolute atomic E-state index is 12.6. The van der Waals surface area contributed by atoms with Crippen LogP contribution < -0.4 is 10.6 Å². The van der Waals surface area contributed by atoms with Gasteiger partial charge in [0.05, 0.1) is 18.3 Å². The monoisotopic (exact) mass is 335 g/mol. The topological polar surface area (TPSA) is 79.3 Å². The number of nitrogens with zero attached hydrogens (tertiary/aromatic N) is 3. The van der Waals surface area contributed by atoms with Crippen molar-refractivity contribution in [1.29, 1.82) is 0 Å². The van der Waals surface area contributed by atoms with Gasteiger partial charge < -0.3 is 10.6 Å². The predicted molar refractivity (Wildman–Crippen MR) is 93.7 cm³/mol. The molecule has 1 aliphatic rings. The minimum atomic E-state index is -0.248. The average Bonchev–Trinajstić information content (AvgIpc) is 3.01. The third-order valence-corrected chi connectivity index (χ3v) is 4.72. The van der Waals surface area contributed by atoms with E-state index in [0.717, 1.165) is 31.6 Å². The van der Waals surface area contributed by atoms with Gasteiger partial charge in [-0.1, -0.05) is 6.92 Å². The summed E-state index contributed by atoms with van der Waals surface area (Å²) >= 11 is 0. The number of carbonyl (C=O) groups is 2. The number of hydrogen-bond donors (Lipinski definition) is 2. The van der Waals surface area contributed by atoms with Gasteiger partial charge in [0.25, 0.3) is 0 Å². The Balaban J connectivity index is 1.97. The van der Waals surface area contributed by atoms with Gasteiger partial charge in [0, 0.05) is 25.6 Å². The second kappa shape index (κ2) is 8.28. The van der Waals surface area contributed by atoms with E-state index in [-0.39, 0.29) is 29.9 Å². The van der Waals surface area contributed by atoms with Gasteiger partial charge in [0.1, 0.15) is 5.82 Å². The van der Waals surface area contributed by atoms with Crippen LogP contribution in [0.2, 0.25) is 0 Å². The van der Waals surface area contributed by atoms with E-state index < -0.39 is 0 Å². The number of nitrogens with one attached hydrogen (secondary N) is 2. The minimum absolute atomic E-state index is 0.0172. The van der Waals surface area contributed by atoms with E-state index in [1.807, 2.05) is 17.7 Å². The number of piperidine rings is 1. The number of carbonyl (C=O) groups excluding carboxylic acids is 2. The number of rotatable bonds is 6. The van der Waals surface area contributed by atoms with Gasteiger partial charge >= 0.3 is 0 Å². The molecule has 0 unspecified atom stereocenters. The lowest BCUT2D eigenvalue weighted by Crippen LogP contribution is -2.52. The number of likely N-dealkylation sites (tertiary alicyclic amines) is 1. The fourth-order valence-electron chi connectivity index (χ4n) is 3.10. The largest absolute Gasteiger partial charge is 0.352 e. The Morgan fingerprint density at radius 3 is 2.83 bits per heavy atom. The molecule has 0 saturated carbocycles. The van der Waals surface area contributed by atoms with Crippen molar-refractivity contribution >= 4 is 17.6 Å². The quantitative estimate of drug-likeness (QED) is 0.830. The van der Waals surface area contributed by atoms with Crippen molar-refractivity contribution in [2.24, 2.45) is 0 Å². The summed E-state index contributed by atoms with van der Waals surface area (Å²) in [7, 11) is 0. The second-order valence-corrected chi connectivity index (χ2v) is 6.62. The molecule has 2 rings (SSSR count). The average molecular weight is 335 g/mol. The Labute approximate surface area is 143 Å². The Bertz CT molecular complexity index is 571. The summed E-state index contributed by atoms with van der Waals surface area (Å²) in [4.78, 5) is 26.0. The Morgan fingerprint density at radius 2 is 2.17 bits per heavy atom. The number of hydrogen-bond acceptors (Lipinski definition) is 4. The summed E-state index contributed by atoms with van der Waals surface area (Å²) in [5, 5.41) is 10.2. The van der Waals surface area contributed by atoms with Crippen LogP contribution in [0, 0.1) is 0 Å². The van der Waals surface area contributed by atoms with Crippen LogP contribution in [-0.4, -0.2) is 51.7 Å². The van der Waals surface area contributed by atoms with Crippen LogP contribution >= 0.6 is 0 Å². The van der Waals surface area contributed by atoms with E-state index in [1.54, 1.807) is 6.20 Å². The van der Waals surface area contributed by atoms with Crippen LogP contribution in [0.15, 0.2) is 12.3 Å². The maximum Gasteiger partial charge on any atom is 0.242 e. The Kier molecular flexibility index (Phi) is 6.36. The lowest BCUT2D eigenvalue weighted by molar-refractivity contribution is -0.121. The van der Waals surface area contributed by atoms with Crippen molar-refractivity contribution in [3.05, 3.63) is 12.3 Å². The van der Waals surface area contributed by atoms with Gasteiger partial charge in [0.15, 0.2) is 0 Å². The summed E-state index contributed by atoms with van der Waals surface area (Å²) in [6.07, 6.45) is 4.60. The van der Waals surface area contributed by atoms with Gasteiger partial charge in [-0.25, -0.2) is 4.68 Å². The molecule has 1 aliphatic heterocycles. The molecule has 1 aromatic rings. The molecule has 2 heterocycles. The summed E-state index contributed by atoms with van der Waals surface area (Å²) in [5.41, 5.74) is 0. The molecule has 0 spiro atoms. The summed E-state index contributed by atoms with van der Waals surface area (Å²) in [6.45, 7) is 9.19. The smallest absolute Gasteiger partial charge is 0.242 e. The van der Waals surface area contributed by atoms with Gasteiger partial charge in [-0.3, -0.25) is 14.5 Å². The highest BCUT2D eigenvalue weighted by Crippen LogP contribution is 2.18. The van der Waals surface area contributed by atoms with Crippen molar-refractivity contribution in [2.75, 3.05) is 18.4 Å². The van der Waals surface area contributed by atoms with Crippen molar-refractivity contribution in [1.82, 2.24) is 20.0 Å². The van der Waals surface area contributed by atoms with Crippen molar-refractivity contribution in [2.45, 2.75) is 65.1 Å². The molecule has 0 bridgehead atoms. The van der Waals surface area contributed by atoms with E-state index in [0.29, 0.717) is 6.54 Å². The van der Waals surface area contributed by atoms with Crippen LogP contribution in [0.4, 0.5) is 5.82 Å². The van der Waals surface area contributed by atoms with Gasteiger partial charge in [-0.2, -0.15) is 5.10 Å². The fourth-order valence-corrected chi connectivity index (χ4v) is 3.10. The maximum atomic E-state index is 12.6. The Hall–Kier alpha value is -1.89. The van der Waals surface area contributed by atoms with E-state index >= 15 is 0 Å². The van der Waals surface area contributed by atoms with Crippen LogP contribution in [0.25, 0.3) is 0 Å². The van der Waals surface area contributed by atoms with Gasteiger partial charge in [-0.05, 0) is 39.7 Å². The van der Waals surface area contributed by atoms with Gasteiger partial charge in [0.2, 0.25) is 11.8 Å². The first-order valence-corrected chi connectivity index (χ1v) is 8.77. The minimum Gasteiger partial charge on any atom is -0.352 e. The molecule has 3 atom stereocenters. The van der Waals surface area contributed by atoms with E-state index in [1.165, 1.54) is 6.92 Å². The molecule has 134 valence electrons. The standard InChI is InChI=1S/C17H29N5O2/c1-5-12(2)22-16(8-9-18-22)20-17(24)13(3)21-10-6-7-15(11-21)19-14(4)23/h8-9,12-13,15H,5-7,10-11H2,1-4H3,(H,19,23)(H,20,24)/t12-,13+,15+/m0/s1. The molecule has 24 heavy (non-hydrogen) atoms. The van der Waals surface area contributed by atoms with Crippen LogP contribution in [0.5, 0.6) is 0 Å². The molecule has 7 heteroatoms. The number of aromatic nitrogens is 2. The van der Waals surface area contributed by atoms with E-state index in [4.69, 9.17) is 0 Å². The van der Waals surface area contributed by atoms with Crippen molar-refractivity contribution in [3.8, 4) is 0 Å². The molecule has 0 radical (unpaired) electrons. The first-order chi connectivity index (χ1) is 11.4. The molecule has 1 fully saturated rings. The third kappa shape index (κ3) is 4.56. The van der Waals surface area contributed by atoms with Crippen LogP contribution in [0.1, 0.15) is 53.0 Å².